The van der Waals surface area contributed by atoms with Crippen LogP contribution in [0.5, 0.6) is 5.75 Å². The molecule has 4 aromatic rings. The molecule has 14 heteroatoms. The number of rotatable bonds is 8. The van der Waals surface area contributed by atoms with Crippen LogP contribution in [0, 0.1) is 12.8 Å². The number of aryl methyl sites for hydroxylation is 1. The van der Waals surface area contributed by atoms with Gasteiger partial charge >= 0.3 is 24.5 Å². The molecule has 1 heterocycles. The van der Waals surface area contributed by atoms with Crippen molar-refractivity contribution in [3.05, 3.63) is 124 Å². The zero-order valence-corrected chi connectivity index (χ0v) is 26.1. The number of halogens is 9. The first kappa shape index (κ1) is 36.0. The number of hydrogen-bond acceptors (Lipinski definition) is 4. The lowest BCUT2D eigenvalue weighted by Gasteiger charge is -2.21. The van der Waals surface area contributed by atoms with Gasteiger partial charge < -0.3 is 14.7 Å². The summed E-state index contributed by atoms with van der Waals surface area (Å²) in [5.74, 6) is -1.98. The van der Waals surface area contributed by atoms with Gasteiger partial charge in [0.25, 0.3) is 0 Å². The normalized spacial score (nSPS) is 16.5. The van der Waals surface area contributed by atoms with Crippen molar-refractivity contribution in [3.8, 4) is 28.0 Å². The number of alkyl halides is 9. The molecule has 0 bridgehead atoms. The maximum Gasteiger partial charge on any atom is 0.416 e. The molecule has 0 fully saturated rings. The van der Waals surface area contributed by atoms with E-state index >= 15 is 0 Å². The Morgan fingerprint density at radius 3 is 1.98 bits per heavy atom. The quantitative estimate of drug-likeness (QED) is 0.146. The van der Waals surface area contributed by atoms with E-state index in [4.69, 9.17) is 9.57 Å². The summed E-state index contributed by atoms with van der Waals surface area (Å²) in [5.41, 5.74) is -2.14. The van der Waals surface area contributed by atoms with Gasteiger partial charge in [0, 0.05) is 12.0 Å². The summed E-state index contributed by atoms with van der Waals surface area (Å²) in [6.45, 7) is 5.34. The van der Waals surface area contributed by atoms with Crippen LogP contribution in [0.25, 0.3) is 22.3 Å². The fraction of sp³-hybridized carbons (Fsp3) is 0.222. The second kappa shape index (κ2) is 13.2. The third-order valence-electron chi connectivity index (χ3n) is 8.27. The minimum Gasteiger partial charge on any atom is -0.496 e. The lowest BCUT2D eigenvalue weighted by Crippen LogP contribution is -2.19. The van der Waals surface area contributed by atoms with Gasteiger partial charge in [0.05, 0.1) is 41.0 Å². The molecule has 50 heavy (non-hydrogen) atoms. The number of carboxylic acids is 1. The summed E-state index contributed by atoms with van der Waals surface area (Å²) in [6, 6.07) is 13.3. The van der Waals surface area contributed by atoms with Crippen molar-refractivity contribution in [1.29, 1.82) is 0 Å². The van der Waals surface area contributed by atoms with E-state index in [2.05, 4.69) is 11.7 Å². The molecule has 1 aliphatic rings. The van der Waals surface area contributed by atoms with E-state index in [1.54, 1.807) is 31.2 Å². The molecule has 1 N–H and O–H groups in total. The predicted molar refractivity (Wildman–Crippen MR) is 166 cm³/mol. The molecule has 2 atom stereocenters. The molecule has 4 aromatic carbocycles. The number of ether oxygens (including phenoxy) is 1. The molecule has 1 aliphatic heterocycles. The van der Waals surface area contributed by atoms with Crippen LogP contribution in [0.4, 0.5) is 39.5 Å². The number of aromatic carboxylic acids is 1. The molecule has 0 aliphatic carbocycles. The van der Waals surface area contributed by atoms with E-state index < -0.39 is 58.8 Å². The van der Waals surface area contributed by atoms with Crippen LogP contribution >= 0.6 is 0 Å². The molecule has 5 rings (SSSR count). The number of hydrogen-bond donors (Lipinski definition) is 1. The molecular weight excluding hydrogens is 681 g/mol. The van der Waals surface area contributed by atoms with Gasteiger partial charge in [-0.1, -0.05) is 29.4 Å². The summed E-state index contributed by atoms with van der Waals surface area (Å²) in [4.78, 5) is 16.8. The van der Waals surface area contributed by atoms with Gasteiger partial charge in [0.2, 0.25) is 0 Å². The Balaban J connectivity index is 1.59. The third-order valence-corrected chi connectivity index (χ3v) is 8.27. The highest BCUT2D eigenvalue weighted by molar-refractivity contribution is 5.94. The Bertz CT molecular complexity index is 1960. The van der Waals surface area contributed by atoms with Crippen LogP contribution in [-0.4, -0.2) is 23.9 Å². The number of carboxylic acid groups (broad SMARTS) is 1. The predicted octanol–water partition coefficient (Wildman–Crippen LogP) is 10.6. The average Bonchev–Trinajstić information content (AvgIpc) is 3.45. The van der Waals surface area contributed by atoms with Gasteiger partial charge in [-0.25, -0.2) is 4.79 Å². The van der Waals surface area contributed by atoms with Crippen LogP contribution in [0.2, 0.25) is 0 Å². The Morgan fingerprint density at radius 2 is 1.44 bits per heavy atom. The minimum absolute atomic E-state index is 0.00627. The topological polar surface area (TPSA) is 68.1 Å². The fourth-order valence-corrected chi connectivity index (χ4v) is 5.83. The van der Waals surface area contributed by atoms with Crippen LogP contribution in [0.15, 0.2) is 90.6 Å². The van der Waals surface area contributed by atoms with Gasteiger partial charge in [0.15, 0.2) is 6.10 Å². The van der Waals surface area contributed by atoms with Gasteiger partial charge in [-0.3, -0.25) is 0 Å². The van der Waals surface area contributed by atoms with E-state index in [1.807, 2.05) is 0 Å². The van der Waals surface area contributed by atoms with Gasteiger partial charge in [-0.2, -0.15) is 39.5 Å². The largest absolute Gasteiger partial charge is 0.496 e. The highest BCUT2D eigenvalue weighted by atomic mass is 19.4. The number of oxime groups is 1. The van der Waals surface area contributed by atoms with Crippen molar-refractivity contribution < 1.29 is 59.0 Å². The van der Waals surface area contributed by atoms with Crippen molar-refractivity contribution in [2.75, 3.05) is 7.11 Å². The molecule has 0 saturated carbocycles. The summed E-state index contributed by atoms with van der Waals surface area (Å²) >= 11 is 0. The minimum atomic E-state index is -5.13. The highest BCUT2D eigenvalue weighted by Gasteiger charge is 2.41. The van der Waals surface area contributed by atoms with Crippen molar-refractivity contribution in [2.24, 2.45) is 11.1 Å². The third kappa shape index (κ3) is 7.33. The zero-order chi connectivity index (χ0) is 36.8. The first-order valence-electron chi connectivity index (χ1n) is 14.7. The summed E-state index contributed by atoms with van der Waals surface area (Å²) in [5, 5.41) is 13.3. The molecule has 5 nitrogen and oxygen atoms in total. The van der Waals surface area contributed by atoms with E-state index in [9.17, 15) is 49.4 Å². The monoisotopic (exact) mass is 707 g/mol. The Morgan fingerprint density at radius 1 is 0.820 bits per heavy atom. The lowest BCUT2D eigenvalue weighted by molar-refractivity contribution is -0.143. The van der Waals surface area contributed by atoms with E-state index in [0.717, 1.165) is 12.1 Å². The fourth-order valence-electron chi connectivity index (χ4n) is 5.83. The van der Waals surface area contributed by atoms with E-state index in [1.165, 1.54) is 31.4 Å². The number of nitrogens with zero attached hydrogens (tertiary/aromatic N) is 1. The lowest BCUT2D eigenvalue weighted by atomic mass is 9.85. The first-order valence-corrected chi connectivity index (χ1v) is 14.7. The van der Waals surface area contributed by atoms with Crippen LogP contribution in [0.1, 0.15) is 49.8 Å². The first-order chi connectivity index (χ1) is 23.3. The molecule has 0 saturated heterocycles. The molecule has 262 valence electrons. The smallest absolute Gasteiger partial charge is 0.416 e. The molecular formula is C36H26F9NO4. The Labute approximate surface area is 279 Å². The summed E-state index contributed by atoms with van der Waals surface area (Å²) in [6.07, 6.45) is -15.7. The Hall–Kier alpha value is -5.27. The molecule has 0 unspecified atom stereocenters. The molecule has 0 spiro atoms. The maximum absolute atomic E-state index is 14.0. The van der Waals surface area contributed by atoms with Gasteiger partial charge in [-0.15, -0.1) is 6.58 Å². The average molecular weight is 708 g/mol. The molecule has 0 amide bonds. The van der Waals surface area contributed by atoms with E-state index in [-0.39, 0.29) is 40.6 Å². The zero-order valence-electron chi connectivity index (χ0n) is 26.1. The molecule has 0 aromatic heterocycles. The standard InChI is InChI=1S/C36H26F9NO4/c1-4-26-30(46-50-32(26)22-13-24(35(40,41)42)17-25(14-22)36(43,44)45)16-21-12-23(34(37,38)39)7-9-28(21)29-15-19(6-10-31(29)49-3)27-8-5-20(33(47)48)11-18(27)2/h4-15,17,26,32H,1,16H2,2-3H3,(H,47,48)/t26-,32-/m0/s1. The maximum atomic E-state index is 14.0. The number of carbonyl (C=O) groups is 1. The Kier molecular flexibility index (Phi) is 9.52. The van der Waals surface area contributed by atoms with Crippen LogP contribution in [-0.2, 0) is 29.8 Å². The second-order valence-electron chi connectivity index (χ2n) is 11.5. The van der Waals surface area contributed by atoms with Gasteiger partial charge in [0.1, 0.15) is 5.75 Å². The van der Waals surface area contributed by atoms with Crippen LogP contribution in [0.3, 0.4) is 0 Å². The summed E-state index contributed by atoms with van der Waals surface area (Å²) < 4.78 is 129. The van der Waals surface area contributed by atoms with Crippen molar-refractivity contribution in [2.45, 2.75) is 38.0 Å². The van der Waals surface area contributed by atoms with Gasteiger partial charge in [-0.05, 0) is 94.9 Å². The SMILES string of the molecule is C=C[C@H]1C(Cc2cc(C(F)(F)F)ccc2-c2cc(-c3ccc(C(=O)O)cc3C)ccc2OC)=NO[C@H]1c1cc(C(F)(F)F)cc(C(F)(F)F)c1. The van der Waals surface area contributed by atoms with Crippen molar-refractivity contribution in [1.82, 2.24) is 0 Å². The summed E-state index contributed by atoms with van der Waals surface area (Å²) in [7, 11) is 1.35. The second-order valence-corrected chi connectivity index (χ2v) is 11.5. The van der Waals surface area contributed by atoms with E-state index in [0.29, 0.717) is 34.4 Å². The van der Waals surface area contributed by atoms with Crippen molar-refractivity contribution in [3.63, 3.8) is 0 Å². The molecule has 0 radical (unpaired) electrons. The van der Waals surface area contributed by atoms with Crippen LogP contribution < -0.4 is 4.74 Å². The highest BCUT2D eigenvalue weighted by Crippen LogP contribution is 2.44. The van der Waals surface area contributed by atoms with Crippen molar-refractivity contribution >= 4 is 11.7 Å². The number of benzene rings is 4. The number of methoxy groups -OCH3 is 1.